The Hall–Kier alpha value is -3.47. The second-order valence-electron chi connectivity index (χ2n) is 9.91. The lowest BCUT2D eigenvalue weighted by Gasteiger charge is -2.35. The SMILES string of the molecule is CC[C@@H](C)NC(=O)[C@@H](Cc1ccccc1)N(Cc1ccccc1Cl)C(=O)CN(c1ccc(F)cc1)S(=O)(=O)N(C)C. The summed E-state index contributed by atoms with van der Waals surface area (Å²) in [5.74, 6) is -1.54. The second kappa shape index (κ2) is 14.4. The molecule has 0 unspecified atom stereocenters. The summed E-state index contributed by atoms with van der Waals surface area (Å²) in [7, 11) is -1.49. The van der Waals surface area contributed by atoms with Gasteiger partial charge in [0, 0.05) is 38.1 Å². The lowest BCUT2D eigenvalue weighted by atomic mass is 10.0. The van der Waals surface area contributed by atoms with Crippen molar-refractivity contribution in [2.45, 2.75) is 45.3 Å². The molecule has 0 aliphatic heterocycles. The van der Waals surface area contributed by atoms with Crippen LogP contribution in [-0.4, -0.2) is 62.2 Å². The van der Waals surface area contributed by atoms with Crippen molar-refractivity contribution in [3.63, 3.8) is 0 Å². The van der Waals surface area contributed by atoms with E-state index in [2.05, 4.69) is 5.32 Å². The van der Waals surface area contributed by atoms with E-state index in [0.29, 0.717) is 17.0 Å². The first-order chi connectivity index (χ1) is 19.4. The van der Waals surface area contributed by atoms with E-state index < -0.39 is 34.5 Å². The van der Waals surface area contributed by atoms with Crippen molar-refractivity contribution >= 4 is 39.3 Å². The molecule has 2 amide bonds. The van der Waals surface area contributed by atoms with Gasteiger partial charge >= 0.3 is 10.2 Å². The fourth-order valence-corrected chi connectivity index (χ4v) is 5.38. The fourth-order valence-electron chi connectivity index (χ4n) is 4.13. The predicted molar refractivity (Wildman–Crippen MR) is 160 cm³/mol. The van der Waals surface area contributed by atoms with Crippen molar-refractivity contribution in [3.05, 3.63) is 101 Å². The fraction of sp³-hybridized carbons (Fsp3) is 0.333. The number of amides is 2. The molecule has 8 nitrogen and oxygen atoms in total. The quantitative estimate of drug-likeness (QED) is 0.308. The van der Waals surface area contributed by atoms with Gasteiger partial charge in [-0.1, -0.05) is 67.1 Å². The molecule has 0 radical (unpaired) electrons. The second-order valence-corrected chi connectivity index (χ2v) is 12.4. The van der Waals surface area contributed by atoms with E-state index >= 15 is 0 Å². The molecule has 0 heterocycles. The van der Waals surface area contributed by atoms with Crippen molar-refractivity contribution in [1.29, 1.82) is 0 Å². The van der Waals surface area contributed by atoms with E-state index in [0.717, 1.165) is 26.3 Å². The van der Waals surface area contributed by atoms with Gasteiger partial charge in [0.15, 0.2) is 0 Å². The van der Waals surface area contributed by atoms with Crippen LogP contribution in [0.4, 0.5) is 10.1 Å². The molecule has 0 spiro atoms. The Balaban J connectivity index is 2.10. The lowest BCUT2D eigenvalue weighted by molar-refractivity contribution is -0.140. The third kappa shape index (κ3) is 8.51. The zero-order valence-corrected chi connectivity index (χ0v) is 25.2. The molecule has 0 bridgehead atoms. The van der Waals surface area contributed by atoms with Crippen LogP contribution in [0.2, 0.25) is 5.02 Å². The van der Waals surface area contributed by atoms with Crippen LogP contribution in [-0.2, 0) is 32.8 Å². The average molecular weight is 603 g/mol. The average Bonchev–Trinajstić information content (AvgIpc) is 2.95. The molecule has 0 aliphatic carbocycles. The summed E-state index contributed by atoms with van der Waals surface area (Å²) in [4.78, 5) is 29.3. The molecular weight excluding hydrogens is 567 g/mol. The Morgan fingerprint density at radius 2 is 1.56 bits per heavy atom. The smallest absolute Gasteiger partial charge is 0.304 e. The van der Waals surface area contributed by atoms with Gasteiger partial charge in [0.05, 0.1) is 5.69 Å². The summed E-state index contributed by atoms with van der Waals surface area (Å²) in [6, 6.07) is 19.9. The highest BCUT2D eigenvalue weighted by Gasteiger charge is 2.35. The first-order valence-corrected chi connectivity index (χ1v) is 15.0. The zero-order chi connectivity index (χ0) is 30.2. The van der Waals surface area contributed by atoms with Gasteiger partial charge in [0.1, 0.15) is 18.4 Å². The van der Waals surface area contributed by atoms with Gasteiger partial charge in [0.25, 0.3) is 0 Å². The third-order valence-corrected chi connectivity index (χ3v) is 8.89. The summed E-state index contributed by atoms with van der Waals surface area (Å²) in [6.07, 6.45) is 0.873. The van der Waals surface area contributed by atoms with Crippen LogP contribution in [0.15, 0.2) is 78.9 Å². The molecule has 220 valence electrons. The first kappa shape index (κ1) is 32.0. The number of benzene rings is 3. The van der Waals surface area contributed by atoms with Gasteiger partial charge in [-0.2, -0.15) is 12.7 Å². The highest BCUT2D eigenvalue weighted by atomic mass is 35.5. The number of carbonyl (C=O) groups excluding carboxylic acids is 2. The van der Waals surface area contributed by atoms with Crippen LogP contribution in [0, 0.1) is 5.82 Å². The van der Waals surface area contributed by atoms with Crippen LogP contribution in [0.5, 0.6) is 0 Å². The van der Waals surface area contributed by atoms with Gasteiger partial charge in [-0.15, -0.1) is 0 Å². The number of nitrogens with zero attached hydrogens (tertiary/aromatic N) is 3. The number of carbonyl (C=O) groups is 2. The maximum absolute atomic E-state index is 14.2. The largest absolute Gasteiger partial charge is 0.352 e. The summed E-state index contributed by atoms with van der Waals surface area (Å²) in [5, 5.41) is 3.38. The van der Waals surface area contributed by atoms with Crippen LogP contribution < -0.4 is 9.62 Å². The molecule has 3 rings (SSSR count). The Bertz CT molecular complexity index is 1420. The highest BCUT2D eigenvalue weighted by Crippen LogP contribution is 2.24. The summed E-state index contributed by atoms with van der Waals surface area (Å²) < 4.78 is 42.3. The number of halogens is 2. The molecule has 0 saturated heterocycles. The van der Waals surface area contributed by atoms with Crippen LogP contribution in [0.1, 0.15) is 31.4 Å². The predicted octanol–water partition coefficient (Wildman–Crippen LogP) is 4.65. The van der Waals surface area contributed by atoms with Crippen molar-refractivity contribution < 1.29 is 22.4 Å². The third-order valence-electron chi connectivity index (χ3n) is 6.70. The highest BCUT2D eigenvalue weighted by molar-refractivity contribution is 7.90. The number of rotatable bonds is 13. The molecule has 3 aromatic carbocycles. The molecule has 0 saturated carbocycles. The van der Waals surface area contributed by atoms with Gasteiger partial charge in [-0.25, -0.2) is 8.70 Å². The van der Waals surface area contributed by atoms with Gasteiger partial charge < -0.3 is 10.2 Å². The molecule has 0 fully saturated rings. The molecule has 0 aromatic heterocycles. The first-order valence-electron chi connectivity index (χ1n) is 13.3. The van der Waals surface area contributed by atoms with E-state index in [-0.39, 0.29) is 30.6 Å². The van der Waals surface area contributed by atoms with Gasteiger partial charge in [-0.3, -0.25) is 9.59 Å². The number of hydrogen-bond acceptors (Lipinski definition) is 4. The van der Waals surface area contributed by atoms with Crippen LogP contribution in [0.3, 0.4) is 0 Å². The van der Waals surface area contributed by atoms with E-state index in [9.17, 15) is 22.4 Å². The lowest BCUT2D eigenvalue weighted by Crippen LogP contribution is -2.55. The van der Waals surface area contributed by atoms with E-state index in [4.69, 9.17) is 11.6 Å². The Morgan fingerprint density at radius 1 is 0.951 bits per heavy atom. The Labute approximate surface area is 246 Å². The normalized spacial score (nSPS) is 13.0. The maximum atomic E-state index is 14.2. The monoisotopic (exact) mass is 602 g/mol. The van der Waals surface area contributed by atoms with Crippen LogP contribution in [0.25, 0.3) is 0 Å². The Morgan fingerprint density at radius 3 is 2.15 bits per heavy atom. The summed E-state index contributed by atoms with van der Waals surface area (Å²) in [6.45, 7) is 3.15. The number of nitrogens with one attached hydrogen (secondary N) is 1. The van der Waals surface area contributed by atoms with Crippen molar-refractivity contribution in [1.82, 2.24) is 14.5 Å². The molecule has 2 atom stereocenters. The minimum absolute atomic E-state index is 0.0385. The topological polar surface area (TPSA) is 90.0 Å². The zero-order valence-electron chi connectivity index (χ0n) is 23.6. The number of anilines is 1. The minimum atomic E-state index is -4.17. The minimum Gasteiger partial charge on any atom is -0.352 e. The molecule has 41 heavy (non-hydrogen) atoms. The summed E-state index contributed by atoms with van der Waals surface area (Å²) in [5.41, 5.74) is 1.53. The molecule has 11 heteroatoms. The van der Waals surface area contributed by atoms with Crippen molar-refractivity contribution in [2.75, 3.05) is 24.9 Å². The van der Waals surface area contributed by atoms with Crippen molar-refractivity contribution in [3.8, 4) is 0 Å². The van der Waals surface area contributed by atoms with Crippen molar-refractivity contribution in [2.24, 2.45) is 0 Å². The standard InChI is InChI=1S/C30H36ClFN4O4S/c1-5-22(2)33-30(38)28(19-23-11-7-6-8-12-23)35(20-24-13-9-10-14-27(24)31)29(37)21-36(41(39,40)34(3)4)26-17-15-25(32)16-18-26/h6-18,22,28H,5,19-21H2,1-4H3,(H,33,38)/t22-,28-/m1/s1. The van der Waals surface area contributed by atoms with E-state index in [1.807, 2.05) is 44.2 Å². The number of hydrogen-bond donors (Lipinski definition) is 1. The van der Waals surface area contributed by atoms with Gasteiger partial charge in [0.2, 0.25) is 11.8 Å². The molecular formula is C30H36ClFN4O4S. The molecule has 3 aromatic rings. The molecule has 1 N–H and O–H groups in total. The van der Waals surface area contributed by atoms with E-state index in [1.54, 1.807) is 24.3 Å². The van der Waals surface area contributed by atoms with E-state index in [1.165, 1.54) is 31.1 Å². The van der Waals surface area contributed by atoms with Crippen LogP contribution >= 0.6 is 11.6 Å². The molecule has 0 aliphatic rings. The summed E-state index contributed by atoms with van der Waals surface area (Å²) >= 11 is 6.47. The Kier molecular flexibility index (Phi) is 11.3. The van der Waals surface area contributed by atoms with Gasteiger partial charge in [-0.05, 0) is 54.8 Å². The maximum Gasteiger partial charge on any atom is 0.304 e.